The molecule has 1 atom stereocenters. The Kier molecular flexibility index (Phi) is 9.34. The molecule has 0 saturated heterocycles. The second-order valence-electron chi connectivity index (χ2n) is 10.8. The van der Waals surface area contributed by atoms with Crippen molar-refractivity contribution < 1.29 is 14.3 Å². The lowest BCUT2D eigenvalue weighted by atomic mass is 9.81. The molecule has 1 aliphatic rings. The number of nitrogens with zero attached hydrogens (tertiary/aromatic N) is 5. The molecule has 1 N–H and O–H groups in total. The van der Waals surface area contributed by atoms with Gasteiger partial charge in [-0.05, 0) is 45.5 Å². The van der Waals surface area contributed by atoms with Crippen LogP contribution in [0, 0.1) is 16.7 Å². The van der Waals surface area contributed by atoms with Gasteiger partial charge in [0.15, 0.2) is 5.82 Å². The van der Waals surface area contributed by atoms with Crippen LogP contribution in [0.2, 0.25) is 0 Å². The first-order chi connectivity index (χ1) is 20.6. The average Bonchev–Trinajstić information content (AvgIpc) is 3.70. The number of nitrogens with one attached hydrogen (secondary N) is 1. The van der Waals surface area contributed by atoms with Gasteiger partial charge in [0.05, 0.1) is 36.9 Å². The predicted octanol–water partition coefficient (Wildman–Crippen LogP) is 5.35. The molecule has 0 aliphatic heterocycles. The van der Waals surface area contributed by atoms with E-state index in [2.05, 4.69) is 51.2 Å². The fourth-order valence-corrected chi connectivity index (χ4v) is 5.60. The van der Waals surface area contributed by atoms with Crippen molar-refractivity contribution in [3.05, 3.63) is 102 Å². The summed E-state index contributed by atoms with van der Waals surface area (Å²) in [6.07, 6.45) is 3.65. The van der Waals surface area contributed by atoms with E-state index in [1.807, 2.05) is 60.7 Å². The summed E-state index contributed by atoms with van der Waals surface area (Å²) in [4.78, 5) is 26.9. The number of carbonyl (C=O) groups excluding carboxylic acids is 2. The fourth-order valence-electron chi connectivity index (χ4n) is 5.60. The largest absolute Gasteiger partial charge is 0.461 e. The monoisotopic (exact) mass is 562 g/mol. The van der Waals surface area contributed by atoms with Crippen LogP contribution in [0.5, 0.6) is 0 Å². The first-order valence-corrected chi connectivity index (χ1v) is 14.3. The normalized spacial score (nSPS) is 14.5. The third-order valence-electron chi connectivity index (χ3n) is 7.88. The summed E-state index contributed by atoms with van der Waals surface area (Å²) in [6.45, 7) is 0.488. The summed E-state index contributed by atoms with van der Waals surface area (Å²) in [5, 5.41) is 24.5. The number of carbonyl (C=O) groups is 2. The van der Waals surface area contributed by atoms with Crippen LogP contribution in [0.3, 0.4) is 0 Å². The van der Waals surface area contributed by atoms with Crippen LogP contribution in [-0.4, -0.2) is 32.1 Å². The fraction of sp³-hybridized carbons (Fsp3) is 0.333. The van der Waals surface area contributed by atoms with Crippen LogP contribution in [0.4, 0.5) is 0 Å². The molecule has 214 valence electrons. The topological polar surface area (TPSA) is 123 Å². The van der Waals surface area contributed by atoms with E-state index in [1.165, 1.54) is 0 Å². The van der Waals surface area contributed by atoms with Gasteiger partial charge in [0.25, 0.3) is 0 Å². The molecule has 1 aromatic heterocycles. The minimum atomic E-state index is -0.853. The van der Waals surface area contributed by atoms with Crippen LogP contribution >= 0.6 is 0 Å². The van der Waals surface area contributed by atoms with Crippen molar-refractivity contribution in [2.24, 2.45) is 5.41 Å². The van der Waals surface area contributed by atoms with Crippen molar-refractivity contribution in [2.75, 3.05) is 0 Å². The predicted molar refractivity (Wildman–Crippen MR) is 156 cm³/mol. The minimum Gasteiger partial charge on any atom is -0.461 e. The Morgan fingerprint density at radius 3 is 2.29 bits per heavy atom. The highest BCUT2D eigenvalue weighted by Crippen LogP contribution is 2.42. The number of nitriles is 1. The number of ether oxygens (including phenoxy) is 1. The third kappa shape index (κ3) is 7.07. The number of benzene rings is 3. The molecule has 1 saturated carbocycles. The molecule has 42 heavy (non-hydrogen) atoms. The Hall–Kier alpha value is -4.84. The number of tetrazole rings is 1. The number of hydrogen-bond donors (Lipinski definition) is 1. The van der Waals surface area contributed by atoms with Crippen molar-refractivity contribution >= 4 is 11.9 Å². The van der Waals surface area contributed by atoms with Crippen LogP contribution in [0.15, 0.2) is 84.9 Å². The van der Waals surface area contributed by atoms with Crippen molar-refractivity contribution in [1.82, 2.24) is 25.5 Å². The quantitative estimate of drug-likeness (QED) is 0.231. The average molecular weight is 563 g/mol. The van der Waals surface area contributed by atoms with E-state index in [4.69, 9.17) is 10.00 Å². The van der Waals surface area contributed by atoms with E-state index in [0.29, 0.717) is 31.6 Å². The maximum atomic E-state index is 14.0. The van der Waals surface area contributed by atoms with E-state index >= 15 is 0 Å². The first kappa shape index (κ1) is 28.7. The maximum absolute atomic E-state index is 14.0. The molecule has 1 fully saturated rings. The van der Waals surface area contributed by atoms with Gasteiger partial charge in [0.1, 0.15) is 6.61 Å². The number of esters is 1. The zero-order valence-corrected chi connectivity index (χ0v) is 23.5. The lowest BCUT2D eigenvalue weighted by molar-refractivity contribution is -0.151. The van der Waals surface area contributed by atoms with Gasteiger partial charge in [-0.3, -0.25) is 9.59 Å². The van der Waals surface area contributed by atoms with Gasteiger partial charge in [0.2, 0.25) is 5.91 Å². The number of amides is 1. The molecule has 1 aliphatic carbocycles. The van der Waals surface area contributed by atoms with Gasteiger partial charge in [-0.1, -0.05) is 97.8 Å². The Morgan fingerprint density at radius 1 is 0.929 bits per heavy atom. The van der Waals surface area contributed by atoms with Gasteiger partial charge in [-0.25, -0.2) is 4.68 Å². The van der Waals surface area contributed by atoms with Crippen LogP contribution in [-0.2, 0) is 33.9 Å². The SMILES string of the molecule is N#CCCn1nnnc1[C@H](Cc1ccc(-c2ccccc2)cc1)NC(=O)C1(CC(=O)OCc2ccccc2)CCCC1. The van der Waals surface area contributed by atoms with Crippen LogP contribution in [0.25, 0.3) is 11.1 Å². The molecule has 9 nitrogen and oxygen atoms in total. The number of aromatic nitrogens is 4. The van der Waals surface area contributed by atoms with E-state index < -0.39 is 11.5 Å². The molecule has 0 radical (unpaired) electrons. The summed E-state index contributed by atoms with van der Waals surface area (Å²) in [5.74, 6) is -0.106. The number of rotatable bonds is 12. The second kappa shape index (κ2) is 13.7. The van der Waals surface area contributed by atoms with E-state index in [1.54, 1.807) is 4.68 Å². The van der Waals surface area contributed by atoms with E-state index in [-0.39, 0.29) is 31.3 Å². The Bertz CT molecular complexity index is 1510. The Labute approximate surface area is 245 Å². The van der Waals surface area contributed by atoms with E-state index in [9.17, 15) is 9.59 Å². The lowest BCUT2D eigenvalue weighted by Crippen LogP contribution is -2.43. The summed E-state index contributed by atoms with van der Waals surface area (Å²) < 4.78 is 7.13. The lowest BCUT2D eigenvalue weighted by Gasteiger charge is -2.29. The van der Waals surface area contributed by atoms with Gasteiger partial charge in [-0.15, -0.1) is 5.10 Å². The zero-order chi connectivity index (χ0) is 29.2. The van der Waals surface area contributed by atoms with Crippen LogP contribution in [0.1, 0.15) is 61.5 Å². The molecule has 9 heteroatoms. The third-order valence-corrected chi connectivity index (χ3v) is 7.88. The van der Waals surface area contributed by atoms with Crippen LogP contribution < -0.4 is 5.32 Å². The summed E-state index contributed by atoms with van der Waals surface area (Å²) in [5.41, 5.74) is 3.26. The molecule has 0 unspecified atom stereocenters. The standard InChI is InChI=1S/C33H34N6O3/c34-20-9-21-39-31(36-37-38-39)29(22-25-14-16-28(17-15-25)27-12-5-2-6-13-27)35-32(41)33(18-7-8-19-33)23-30(40)42-24-26-10-3-1-4-11-26/h1-6,10-17,29H,7-9,18-19,21-24H2,(H,35,41)/t29-/m0/s1. The molecular weight excluding hydrogens is 528 g/mol. The zero-order valence-electron chi connectivity index (χ0n) is 23.5. The Balaban J connectivity index is 1.34. The van der Waals surface area contributed by atoms with Crippen molar-refractivity contribution in [1.29, 1.82) is 5.26 Å². The molecular formula is C33H34N6O3. The molecule has 0 spiro atoms. The first-order valence-electron chi connectivity index (χ1n) is 14.3. The minimum absolute atomic E-state index is 0.0174. The van der Waals surface area contributed by atoms with Crippen molar-refractivity contribution in [2.45, 2.75) is 64.1 Å². The molecule has 4 aromatic rings. The smallest absolute Gasteiger partial charge is 0.307 e. The maximum Gasteiger partial charge on any atom is 0.307 e. The van der Waals surface area contributed by atoms with Gasteiger partial charge in [0, 0.05) is 6.42 Å². The van der Waals surface area contributed by atoms with Gasteiger partial charge in [-0.2, -0.15) is 5.26 Å². The second-order valence-corrected chi connectivity index (χ2v) is 10.8. The Morgan fingerprint density at radius 2 is 1.60 bits per heavy atom. The summed E-state index contributed by atoms with van der Waals surface area (Å²) in [7, 11) is 0. The van der Waals surface area contributed by atoms with Gasteiger partial charge >= 0.3 is 5.97 Å². The van der Waals surface area contributed by atoms with Crippen molar-refractivity contribution in [3.8, 4) is 17.2 Å². The van der Waals surface area contributed by atoms with E-state index in [0.717, 1.165) is 35.1 Å². The highest BCUT2D eigenvalue weighted by Gasteiger charge is 2.44. The molecule has 1 heterocycles. The van der Waals surface area contributed by atoms with Crippen molar-refractivity contribution in [3.63, 3.8) is 0 Å². The molecule has 3 aromatic carbocycles. The molecule has 5 rings (SSSR count). The summed E-state index contributed by atoms with van der Waals surface area (Å²) in [6, 6.07) is 29.4. The summed E-state index contributed by atoms with van der Waals surface area (Å²) >= 11 is 0. The highest BCUT2D eigenvalue weighted by molar-refractivity contribution is 5.88. The number of hydrogen-bond acceptors (Lipinski definition) is 7. The highest BCUT2D eigenvalue weighted by atomic mass is 16.5. The molecule has 1 amide bonds. The number of aryl methyl sites for hydroxylation is 1. The molecule has 0 bridgehead atoms. The van der Waals surface area contributed by atoms with Gasteiger partial charge < -0.3 is 10.1 Å².